The molecule has 4 aromatic rings. The van der Waals surface area contributed by atoms with E-state index in [-0.39, 0.29) is 18.6 Å². The highest BCUT2D eigenvalue weighted by atomic mass is 32.2. The first-order chi connectivity index (χ1) is 16.3. The van der Waals surface area contributed by atoms with E-state index in [1.807, 2.05) is 50.2 Å². The lowest BCUT2D eigenvalue weighted by molar-refractivity contribution is -0.141. The van der Waals surface area contributed by atoms with Gasteiger partial charge in [0, 0.05) is 40.3 Å². The molecule has 7 nitrogen and oxygen atoms in total. The van der Waals surface area contributed by atoms with Crippen LogP contribution in [0.4, 0.5) is 0 Å². The molecule has 2 heterocycles. The molecule has 2 aromatic carbocycles. The van der Waals surface area contributed by atoms with Gasteiger partial charge in [0.05, 0.1) is 6.26 Å². The SMILES string of the molecule is Cc1coc2cc3oc(=O)c(CCC(=O)N[C@H](CSCc4ccccc4)C(=O)O)c(C)c3cc12. The van der Waals surface area contributed by atoms with E-state index < -0.39 is 23.5 Å². The quantitative estimate of drug-likeness (QED) is 0.338. The molecule has 8 heteroatoms. The van der Waals surface area contributed by atoms with Gasteiger partial charge in [0.25, 0.3) is 0 Å². The lowest BCUT2D eigenvalue weighted by atomic mass is 10.0. The van der Waals surface area contributed by atoms with Crippen molar-refractivity contribution in [3.8, 4) is 0 Å². The van der Waals surface area contributed by atoms with E-state index in [0.29, 0.717) is 22.5 Å². The molecule has 1 amide bonds. The summed E-state index contributed by atoms with van der Waals surface area (Å²) in [6.07, 6.45) is 1.79. The van der Waals surface area contributed by atoms with Crippen LogP contribution >= 0.6 is 11.8 Å². The zero-order chi connectivity index (χ0) is 24.2. The molecule has 34 heavy (non-hydrogen) atoms. The molecule has 0 spiro atoms. The molecule has 0 unspecified atom stereocenters. The van der Waals surface area contributed by atoms with Crippen molar-refractivity contribution in [1.82, 2.24) is 5.32 Å². The van der Waals surface area contributed by atoms with Crippen molar-refractivity contribution in [3.05, 3.63) is 81.4 Å². The number of hydrogen-bond donors (Lipinski definition) is 2. The molecule has 0 aliphatic carbocycles. The highest BCUT2D eigenvalue weighted by Gasteiger charge is 2.21. The van der Waals surface area contributed by atoms with Gasteiger partial charge < -0.3 is 19.3 Å². The van der Waals surface area contributed by atoms with Crippen LogP contribution in [0.25, 0.3) is 21.9 Å². The largest absolute Gasteiger partial charge is 0.480 e. The van der Waals surface area contributed by atoms with Crippen molar-refractivity contribution in [1.29, 1.82) is 0 Å². The second-order valence-electron chi connectivity index (χ2n) is 8.22. The third-order valence-electron chi connectivity index (χ3n) is 5.81. The minimum Gasteiger partial charge on any atom is -0.480 e. The van der Waals surface area contributed by atoms with E-state index in [9.17, 15) is 19.5 Å². The number of rotatable bonds is 9. The monoisotopic (exact) mass is 479 g/mol. The van der Waals surface area contributed by atoms with Crippen molar-refractivity contribution in [3.63, 3.8) is 0 Å². The third kappa shape index (κ3) is 5.17. The number of furan rings is 1. The molecule has 2 aromatic heterocycles. The summed E-state index contributed by atoms with van der Waals surface area (Å²) in [5, 5.41) is 13.8. The number of nitrogens with one attached hydrogen (secondary N) is 1. The number of amides is 1. The number of aliphatic carboxylic acids is 1. The van der Waals surface area contributed by atoms with Crippen LogP contribution in [-0.4, -0.2) is 28.8 Å². The third-order valence-corrected chi connectivity index (χ3v) is 6.91. The number of carboxylic acids is 1. The molecule has 0 saturated heterocycles. The van der Waals surface area contributed by atoms with Crippen molar-refractivity contribution >= 4 is 45.6 Å². The number of carboxylic acid groups (broad SMARTS) is 1. The van der Waals surface area contributed by atoms with Crippen molar-refractivity contribution < 1.29 is 23.5 Å². The normalized spacial score (nSPS) is 12.2. The van der Waals surface area contributed by atoms with Crippen molar-refractivity contribution in [2.24, 2.45) is 0 Å². The zero-order valence-corrected chi connectivity index (χ0v) is 19.7. The summed E-state index contributed by atoms with van der Waals surface area (Å²) in [5.74, 6) is -0.614. The first kappa shape index (κ1) is 23.6. The summed E-state index contributed by atoms with van der Waals surface area (Å²) in [6.45, 7) is 3.77. The summed E-state index contributed by atoms with van der Waals surface area (Å²) in [6, 6.07) is 12.3. The van der Waals surface area contributed by atoms with Crippen molar-refractivity contribution in [2.45, 2.75) is 38.5 Å². The first-order valence-electron chi connectivity index (χ1n) is 10.9. The fraction of sp³-hybridized carbons (Fsp3) is 0.269. The van der Waals surface area contributed by atoms with Crippen LogP contribution in [0, 0.1) is 13.8 Å². The smallest absolute Gasteiger partial charge is 0.339 e. The number of hydrogen-bond acceptors (Lipinski definition) is 6. The highest BCUT2D eigenvalue weighted by molar-refractivity contribution is 7.98. The van der Waals surface area contributed by atoms with Crippen LogP contribution in [0.15, 0.2) is 62.4 Å². The van der Waals surface area contributed by atoms with Gasteiger partial charge in [0.1, 0.15) is 17.2 Å². The van der Waals surface area contributed by atoms with Gasteiger partial charge in [-0.2, -0.15) is 11.8 Å². The van der Waals surface area contributed by atoms with Crippen LogP contribution in [0.2, 0.25) is 0 Å². The summed E-state index contributed by atoms with van der Waals surface area (Å²) < 4.78 is 11.0. The Morgan fingerprint density at radius 3 is 2.59 bits per heavy atom. The molecule has 0 bridgehead atoms. The average Bonchev–Trinajstić information content (AvgIpc) is 3.17. The van der Waals surface area contributed by atoms with Gasteiger partial charge in [-0.3, -0.25) is 4.79 Å². The van der Waals surface area contributed by atoms with Crippen LogP contribution in [0.5, 0.6) is 0 Å². The van der Waals surface area contributed by atoms with E-state index in [2.05, 4.69) is 5.32 Å². The molecule has 0 aliphatic heterocycles. The zero-order valence-electron chi connectivity index (χ0n) is 18.9. The van der Waals surface area contributed by atoms with Crippen LogP contribution in [-0.2, 0) is 21.8 Å². The molecular formula is C26H25NO6S. The second-order valence-corrected chi connectivity index (χ2v) is 9.25. The molecule has 4 rings (SSSR count). The molecule has 2 N–H and O–H groups in total. The van der Waals surface area contributed by atoms with E-state index in [4.69, 9.17) is 8.83 Å². The minimum atomic E-state index is -1.09. The van der Waals surface area contributed by atoms with E-state index in [0.717, 1.165) is 27.5 Å². The van der Waals surface area contributed by atoms with E-state index in [1.54, 1.807) is 12.3 Å². The molecule has 0 fully saturated rings. The standard InChI is InChI=1S/C26H25NO6S/c1-15-12-32-22-11-23-20(10-19(15)22)16(2)18(26(31)33-23)8-9-24(28)27-21(25(29)30)14-34-13-17-6-4-3-5-7-17/h3-7,10-12,21H,8-9,13-14H2,1-2H3,(H,27,28)(H,29,30)/t21-/m1/s1. The van der Waals surface area contributed by atoms with E-state index in [1.165, 1.54) is 11.8 Å². The fourth-order valence-electron chi connectivity index (χ4n) is 3.87. The Morgan fingerprint density at radius 2 is 1.85 bits per heavy atom. The first-order valence-corrected chi connectivity index (χ1v) is 12.1. The molecular weight excluding hydrogens is 454 g/mol. The molecule has 1 atom stereocenters. The molecule has 176 valence electrons. The predicted octanol–water partition coefficient (Wildman–Crippen LogP) is 4.59. The van der Waals surface area contributed by atoms with Gasteiger partial charge in [-0.1, -0.05) is 30.3 Å². The molecule has 0 saturated carbocycles. The van der Waals surface area contributed by atoms with Crippen LogP contribution in [0.1, 0.15) is 28.7 Å². The lowest BCUT2D eigenvalue weighted by Gasteiger charge is -2.14. The predicted molar refractivity (Wildman–Crippen MR) is 132 cm³/mol. The average molecular weight is 480 g/mol. The highest BCUT2D eigenvalue weighted by Crippen LogP contribution is 2.29. The van der Waals surface area contributed by atoms with Gasteiger partial charge in [0.2, 0.25) is 5.91 Å². The van der Waals surface area contributed by atoms with Gasteiger partial charge in [-0.05, 0) is 43.0 Å². The van der Waals surface area contributed by atoms with Gasteiger partial charge in [0.15, 0.2) is 0 Å². The summed E-state index contributed by atoms with van der Waals surface area (Å²) in [7, 11) is 0. The second kappa shape index (κ2) is 10.2. The summed E-state index contributed by atoms with van der Waals surface area (Å²) >= 11 is 1.44. The molecule has 0 radical (unpaired) electrons. The van der Waals surface area contributed by atoms with Gasteiger partial charge in [-0.25, -0.2) is 9.59 Å². The Morgan fingerprint density at radius 1 is 1.09 bits per heavy atom. The van der Waals surface area contributed by atoms with Crippen LogP contribution in [0.3, 0.4) is 0 Å². The topological polar surface area (TPSA) is 110 Å². The number of benzene rings is 2. The Balaban J connectivity index is 1.42. The summed E-state index contributed by atoms with van der Waals surface area (Å²) in [4.78, 5) is 36.7. The van der Waals surface area contributed by atoms with Crippen LogP contribution < -0.4 is 10.9 Å². The van der Waals surface area contributed by atoms with Crippen molar-refractivity contribution in [2.75, 3.05) is 5.75 Å². The lowest BCUT2D eigenvalue weighted by Crippen LogP contribution is -2.42. The maximum absolute atomic E-state index is 12.6. The Labute approximate surface area is 200 Å². The Bertz CT molecular complexity index is 1410. The summed E-state index contributed by atoms with van der Waals surface area (Å²) in [5.41, 5.74) is 3.79. The number of fused-ring (bicyclic) bond motifs is 2. The number of carbonyl (C=O) groups excluding carboxylic acids is 1. The number of thioether (sulfide) groups is 1. The molecule has 0 aliphatic rings. The number of carbonyl (C=O) groups is 2. The fourth-order valence-corrected chi connectivity index (χ4v) is 4.88. The maximum Gasteiger partial charge on any atom is 0.339 e. The Hall–Kier alpha value is -3.52. The minimum absolute atomic E-state index is 0.0166. The maximum atomic E-state index is 12.6. The van der Waals surface area contributed by atoms with Gasteiger partial charge >= 0.3 is 11.6 Å². The number of aryl methyl sites for hydroxylation is 2. The van der Waals surface area contributed by atoms with E-state index >= 15 is 0 Å². The van der Waals surface area contributed by atoms with Gasteiger partial charge in [-0.15, -0.1) is 0 Å². The Kier molecular flexibility index (Phi) is 7.07.